The largest absolute Gasteiger partial charge is 0.352 e. The second-order valence-corrected chi connectivity index (χ2v) is 10.5. The summed E-state index contributed by atoms with van der Waals surface area (Å²) in [5.74, 6) is -0.178. The van der Waals surface area contributed by atoms with Gasteiger partial charge in [-0.15, -0.1) is 0 Å². The number of amides is 2. The average molecular weight is 458 g/mol. The first-order valence-electron chi connectivity index (χ1n) is 10.9. The third-order valence-corrected chi connectivity index (χ3v) is 7.96. The standard InChI is InChI=1S/C24H31N3O4S/c1-4-22(28)26-20-9-11-21(12-10-20)32(30,31)27-15-13-24(3,14-16-27)23(29)25-17-19-7-5-18(2)6-8-19/h5-12H,4,13-17H2,1-3H3,(H,25,29)(H,26,28). The number of nitrogens with one attached hydrogen (secondary N) is 2. The zero-order valence-corrected chi connectivity index (χ0v) is 19.7. The first kappa shape index (κ1) is 23.9. The fourth-order valence-corrected chi connectivity index (χ4v) is 5.10. The third kappa shape index (κ3) is 5.55. The van der Waals surface area contributed by atoms with Gasteiger partial charge in [0.2, 0.25) is 21.8 Å². The molecule has 0 aliphatic carbocycles. The van der Waals surface area contributed by atoms with Gasteiger partial charge in [0, 0.05) is 37.2 Å². The second kappa shape index (κ2) is 9.83. The molecule has 0 bridgehead atoms. The van der Waals surface area contributed by atoms with E-state index in [2.05, 4.69) is 10.6 Å². The number of nitrogens with zero attached hydrogens (tertiary/aromatic N) is 1. The van der Waals surface area contributed by atoms with Crippen molar-refractivity contribution in [2.45, 2.75) is 51.5 Å². The van der Waals surface area contributed by atoms with Crippen molar-refractivity contribution in [2.24, 2.45) is 5.41 Å². The lowest BCUT2D eigenvalue weighted by atomic mass is 9.80. The minimum atomic E-state index is -3.66. The molecule has 172 valence electrons. The molecule has 2 N–H and O–H groups in total. The Morgan fingerprint density at radius 1 is 1.00 bits per heavy atom. The number of anilines is 1. The highest BCUT2D eigenvalue weighted by molar-refractivity contribution is 7.89. The van der Waals surface area contributed by atoms with Crippen molar-refractivity contribution in [3.8, 4) is 0 Å². The number of sulfonamides is 1. The molecule has 3 rings (SSSR count). The fourth-order valence-electron chi connectivity index (χ4n) is 3.66. The molecule has 0 aromatic heterocycles. The van der Waals surface area contributed by atoms with Gasteiger partial charge in [-0.05, 0) is 49.6 Å². The van der Waals surface area contributed by atoms with Gasteiger partial charge in [0.05, 0.1) is 4.90 Å². The molecule has 2 amide bonds. The molecule has 0 atom stereocenters. The van der Waals surface area contributed by atoms with Crippen LogP contribution in [0.3, 0.4) is 0 Å². The lowest BCUT2D eigenvalue weighted by molar-refractivity contribution is -0.132. The Morgan fingerprint density at radius 3 is 2.16 bits per heavy atom. The van der Waals surface area contributed by atoms with Crippen LogP contribution in [0.4, 0.5) is 5.69 Å². The molecule has 0 saturated carbocycles. The average Bonchev–Trinajstić information content (AvgIpc) is 2.79. The van der Waals surface area contributed by atoms with Crippen LogP contribution in [0.25, 0.3) is 0 Å². The van der Waals surface area contributed by atoms with E-state index in [-0.39, 0.29) is 29.8 Å². The summed E-state index contributed by atoms with van der Waals surface area (Å²) in [6.07, 6.45) is 1.26. The summed E-state index contributed by atoms with van der Waals surface area (Å²) in [7, 11) is -3.66. The van der Waals surface area contributed by atoms with Gasteiger partial charge in [-0.2, -0.15) is 4.31 Å². The van der Waals surface area contributed by atoms with Crippen molar-refractivity contribution in [3.05, 3.63) is 59.7 Å². The number of carbonyl (C=O) groups excluding carboxylic acids is 2. The second-order valence-electron chi connectivity index (χ2n) is 8.56. The molecule has 2 aromatic carbocycles. The lowest BCUT2D eigenvalue weighted by Crippen LogP contribution is -2.48. The number of rotatable bonds is 7. The molecule has 8 heteroatoms. The Hall–Kier alpha value is -2.71. The van der Waals surface area contributed by atoms with Crippen LogP contribution >= 0.6 is 0 Å². The molecule has 1 fully saturated rings. The maximum atomic E-state index is 13.0. The van der Waals surface area contributed by atoms with Gasteiger partial charge in [0.25, 0.3) is 0 Å². The van der Waals surface area contributed by atoms with Crippen LogP contribution in [0.1, 0.15) is 44.2 Å². The summed E-state index contributed by atoms with van der Waals surface area (Å²) in [5, 5.41) is 5.71. The fraction of sp³-hybridized carbons (Fsp3) is 0.417. The first-order chi connectivity index (χ1) is 15.1. The van der Waals surface area contributed by atoms with Crippen molar-refractivity contribution >= 4 is 27.5 Å². The molecule has 1 heterocycles. The zero-order chi connectivity index (χ0) is 23.4. The van der Waals surface area contributed by atoms with Crippen LogP contribution in [0, 0.1) is 12.3 Å². The van der Waals surface area contributed by atoms with E-state index in [0.717, 1.165) is 5.56 Å². The molecule has 0 unspecified atom stereocenters. The van der Waals surface area contributed by atoms with Crippen LogP contribution < -0.4 is 10.6 Å². The Labute approximate surface area is 190 Å². The Balaban J connectivity index is 1.58. The van der Waals surface area contributed by atoms with E-state index in [4.69, 9.17) is 0 Å². The number of aryl methyl sites for hydroxylation is 1. The van der Waals surface area contributed by atoms with Gasteiger partial charge in [-0.1, -0.05) is 43.7 Å². The van der Waals surface area contributed by atoms with Crippen molar-refractivity contribution in [1.29, 1.82) is 0 Å². The number of carbonyl (C=O) groups is 2. The van der Waals surface area contributed by atoms with Gasteiger partial charge in [-0.3, -0.25) is 9.59 Å². The van der Waals surface area contributed by atoms with Gasteiger partial charge in [0.15, 0.2) is 0 Å². The van der Waals surface area contributed by atoms with Crippen molar-refractivity contribution in [1.82, 2.24) is 9.62 Å². The summed E-state index contributed by atoms with van der Waals surface area (Å²) >= 11 is 0. The first-order valence-corrected chi connectivity index (χ1v) is 12.3. The highest BCUT2D eigenvalue weighted by Crippen LogP contribution is 2.33. The quantitative estimate of drug-likeness (QED) is 0.666. The van der Waals surface area contributed by atoms with E-state index < -0.39 is 15.4 Å². The predicted octanol–water partition coefficient (Wildman–Crippen LogP) is 3.45. The number of benzene rings is 2. The molecule has 0 spiro atoms. The topological polar surface area (TPSA) is 95.6 Å². The van der Waals surface area contributed by atoms with Gasteiger partial charge in [0.1, 0.15) is 0 Å². The van der Waals surface area contributed by atoms with Crippen LogP contribution in [-0.4, -0.2) is 37.6 Å². The van der Waals surface area contributed by atoms with Crippen LogP contribution in [-0.2, 0) is 26.2 Å². The molecular weight excluding hydrogens is 426 g/mol. The van der Waals surface area contributed by atoms with Gasteiger partial charge in [-0.25, -0.2) is 8.42 Å². The summed E-state index contributed by atoms with van der Waals surface area (Å²) in [5.41, 5.74) is 2.16. The number of piperidine rings is 1. The molecule has 32 heavy (non-hydrogen) atoms. The highest BCUT2D eigenvalue weighted by Gasteiger charge is 2.40. The minimum absolute atomic E-state index is 0.0499. The Morgan fingerprint density at radius 2 is 1.59 bits per heavy atom. The Bertz CT molecular complexity index is 1060. The Kier molecular flexibility index (Phi) is 7.36. The number of hydrogen-bond acceptors (Lipinski definition) is 4. The normalized spacial score (nSPS) is 16.3. The SMILES string of the molecule is CCC(=O)Nc1ccc(S(=O)(=O)N2CCC(C)(C(=O)NCc3ccc(C)cc3)CC2)cc1. The summed E-state index contributed by atoms with van der Waals surface area (Å²) in [6, 6.07) is 14.2. The molecule has 7 nitrogen and oxygen atoms in total. The molecule has 1 saturated heterocycles. The van der Waals surface area contributed by atoms with E-state index in [0.29, 0.717) is 31.5 Å². The minimum Gasteiger partial charge on any atom is -0.352 e. The zero-order valence-electron chi connectivity index (χ0n) is 18.8. The maximum Gasteiger partial charge on any atom is 0.243 e. The molecule has 1 aliphatic heterocycles. The summed E-state index contributed by atoms with van der Waals surface area (Å²) < 4.78 is 27.5. The summed E-state index contributed by atoms with van der Waals surface area (Å²) in [4.78, 5) is 24.5. The van der Waals surface area contributed by atoms with Crippen molar-refractivity contribution in [2.75, 3.05) is 18.4 Å². The van der Waals surface area contributed by atoms with Crippen molar-refractivity contribution in [3.63, 3.8) is 0 Å². The summed E-state index contributed by atoms with van der Waals surface area (Å²) in [6.45, 7) is 6.69. The third-order valence-electron chi connectivity index (χ3n) is 6.04. The molecular formula is C24H31N3O4S. The number of hydrogen-bond donors (Lipinski definition) is 2. The van der Waals surface area contributed by atoms with Crippen molar-refractivity contribution < 1.29 is 18.0 Å². The van der Waals surface area contributed by atoms with E-state index in [1.807, 2.05) is 38.1 Å². The van der Waals surface area contributed by atoms with E-state index in [1.54, 1.807) is 19.1 Å². The van der Waals surface area contributed by atoms with Gasteiger partial charge >= 0.3 is 0 Å². The smallest absolute Gasteiger partial charge is 0.243 e. The molecule has 2 aromatic rings. The van der Waals surface area contributed by atoms with E-state index >= 15 is 0 Å². The molecule has 0 radical (unpaired) electrons. The van der Waals surface area contributed by atoms with Gasteiger partial charge < -0.3 is 10.6 Å². The van der Waals surface area contributed by atoms with Crippen LogP contribution in [0.2, 0.25) is 0 Å². The lowest BCUT2D eigenvalue weighted by Gasteiger charge is -2.37. The predicted molar refractivity (Wildman–Crippen MR) is 124 cm³/mol. The highest BCUT2D eigenvalue weighted by atomic mass is 32.2. The maximum absolute atomic E-state index is 13.0. The van der Waals surface area contributed by atoms with Crippen LogP contribution in [0.5, 0.6) is 0 Å². The van der Waals surface area contributed by atoms with Crippen LogP contribution in [0.15, 0.2) is 53.4 Å². The van der Waals surface area contributed by atoms with E-state index in [1.165, 1.54) is 22.0 Å². The monoisotopic (exact) mass is 457 g/mol. The van der Waals surface area contributed by atoms with E-state index in [9.17, 15) is 18.0 Å². The molecule has 1 aliphatic rings.